The Balaban J connectivity index is 1.20. The average Bonchev–Trinajstić information content (AvgIpc) is 3.25. The van der Waals surface area contributed by atoms with Crippen LogP contribution >= 0.6 is 11.8 Å². The standard InChI is InChI=1S/C27H25N3O4S2/c1-20-6-5-7-22(18-20)29-14-16-30(17-15-29)27-28-26(31)25(35-27)19-21-10-12-23(13-11-21)34-36(32,33)24-8-3-2-4-9-24/h2-13,18-19H,14-17H2,1H3. The number of carbonyl (C=O) groups excluding carboxylic acids is 1. The second-order valence-electron chi connectivity index (χ2n) is 8.54. The van der Waals surface area contributed by atoms with E-state index in [0.717, 1.165) is 36.9 Å². The first-order chi connectivity index (χ1) is 17.4. The Morgan fingerprint density at radius 3 is 2.28 bits per heavy atom. The van der Waals surface area contributed by atoms with E-state index in [9.17, 15) is 13.2 Å². The van der Waals surface area contributed by atoms with Crippen LogP contribution in [0.2, 0.25) is 0 Å². The van der Waals surface area contributed by atoms with Gasteiger partial charge >= 0.3 is 10.1 Å². The molecule has 1 fully saturated rings. The number of anilines is 1. The number of hydrogen-bond acceptors (Lipinski definition) is 7. The van der Waals surface area contributed by atoms with Crippen LogP contribution in [-0.4, -0.2) is 50.6 Å². The molecule has 2 aliphatic rings. The highest BCUT2D eigenvalue weighted by Crippen LogP contribution is 2.31. The summed E-state index contributed by atoms with van der Waals surface area (Å²) in [6, 6.07) is 23.1. The number of nitrogens with zero attached hydrogens (tertiary/aromatic N) is 3. The van der Waals surface area contributed by atoms with Crippen LogP contribution in [0.4, 0.5) is 5.69 Å². The highest BCUT2D eigenvalue weighted by Gasteiger charge is 2.28. The fraction of sp³-hybridized carbons (Fsp3) is 0.185. The lowest BCUT2D eigenvalue weighted by Crippen LogP contribution is -2.47. The molecular weight excluding hydrogens is 494 g/mol. The third-order valence-electron chi connectivity index (χ3n) is 5.94. The third-order valence-corrected chi connectivity index (χ3v) is 8.25. The van der Waals surface area contributed by atoms with Gasteiger partial charge < -0.3 is 14.0 Å². The van der Waals surface area contributed by atoms with Crippen LogP contribution in [0, 0.1) is 6.92 Å². The first-order valence-electron chi connectivity index (χ1n) is 11.6. The highest BCUT2D eigenvalue weighted by atomic mass is 32.2. The summed E-state index contributed by atoms with van der Waals surface area (Å²) >= 11 is 1.37. The number of aliphatic imine (C=N–C) groups is 1. The summed E-state index contributed by atoms with van der Waals surface area (Å²) in [4.78, 5) is 22.0. The van der Waals surface area contributed by atoms with Gasteiger partial charge in [-0.25, -0.2) is 0 Å². The van der Waals surface area contributed by atoms with Gasteiger partial charge in [-0.3, -0.25) is 4.79 Å². The first-order valence-corrected chi connectivity index (χ1v) is 13.8. The molecular formula is C27H25N3O4S2. The number of hydrogen-bond donors (Lipinski definition) is 0. The molecule has 184 valence electrons. The Labute approximate surface area is 215 Å². The van der Waals surface area contributed by atoms with E-state index in [-0.39, 0.29) is 16.6 Å². The van der Waals surface area contributed by atoms with Gasteiger partial charge in [0.05, 0.1) is 4.91 Å². The fourth-order valence-electron chi connectivity index (χ4n) is 4.05. The lowest BCUT2D eigenvalue weighted by Gasteiger charge is -2.36. The molecule has 7 nitrogen and oxygen atoms in total. The minimum absolute atomic E-state index is 0.0912. The number of piperazine rings is 1. The SMILES string of the molecule is Cc1cccc(N2CCN(C3=NC(=O)C(=Cc4ccc(OS(=O)(=O)c5ccccc5)cc4)S3)CC2)c1. The van der Waals surface area contributed by atoms with Gasteiger partial charge in [-0.1, -0.05) is 42.5 Å². The molecule has 3 aromatic rings. The minimum Gasteiger partial charge on any atom is -0.379 e. The van der Waals surface area contributed by atoms with Crippen LogP contribution in [0.5, 0.6) is 5.75 Å². The second-order valence-corrected chi connectivity index (χ2v) is 11.1. The lowest BCUT2D eigenvalue weighted by molar-refractivity contribution is -0.113. The zero-order chi connectivity index (χ0) is 25.1. The van der Waals surface area contributed by atoms with Gasteiger partial charge in [-0.15, -0.1) is 0 Å². The van der Waals surface area contributed by atoms with Crippen molar-refractivity contribution in [2.45, 2.75) is 11.8 Å². The Kier molecular flexibility index (Phi) is 6.84. The van der Waals surface area contributed by atoms with Crippen molar-refractivity contribution in [1.82, 2.24) is 4.90 Å². The summed E-state index contributed by atoms with van der Waals surface area (Å²) in [6.45, 7) is 5.41. The molecule has 2 heterocycles. The molecule has 0 bridgehead atoms. The number of amides is 1. The van der Waals surface area contributed by atoms with Gasteiger partial charge in [-0.05, 0) is 72.3 Å². The second kappa shape index (κ2) is 10.2. The summed E-state index contributed by atoms with van der Waals surface area (Å²) in [7, 11) is -3.90. The van der Waals surface area contributed by atoms with Crippen molar-refractivity contribution in [3.8, 4) is 5.75 Å². The molecule has 0 atom stereocenters. The molecule has 0 aromatic heterocycles. The number of benzene rings is 3. The third kappa shape index (κ3) is 5.47. The van der Waals surface area contributed by atoms with Gasteiger partial charge in [0.15, 0.2) is 5.17 Å². The predicted octanol–water partition coefficient (Wildman–Crippen LogP) is 4.56. The molecule has 2 aliphatic heterocycles. The smallest absolute Gasteiger partial charge is 0.339 e. The van der Waals surface area contributed by atoms with Crippen molar-refractivity contribution in [2.24, 2.45) is 4.99 Å². The van der Waals surface area contributed by atoms with Crippen LogP contribution in [-0.2, 0) is 14.9 Å². The van der Waals surface area contributed by atoms with Crippen molar-refractivity contribution in [3.63, 3.8) is 0 Å². The van der Waals surface area contributed by atoms with Crippen molar-refractivity contribution in [1.29, 1.82) is 0 Å². The zero-order valence-corrected chi connectivity index (χ0v) is 21.3. The average molecular weight is 520 g/mol. The van der Waals surface area contributed by atoms with E-state index < -0.39 is 10.1 Å². The number of carbonyl (C=O) groups is 1. The van der Waals surface area contributed by atoms with Crippen molar-refractivity contribution < 1.29 is 17.4 Å². The van der Waals surface area contributed by atoms with Crippen LogP contribution in [0.1, 0.15) is 11.1 Å². The first kappa shape index (κ1) is 24.1. The van der Waals surface area contributed by atoms with Crippen molar-refractivity contribution >= 4 is 44.7 Å². The molecule has 0 aliphatic carbocycles. The normalized spacial score (nSPS) is 17.4. The Morgan fingerprint density at radius 2 is 1.58 bits per heavy atom. The van der Waals surface area contributed by atoms with Crippen LogP contribution in [0.15, 0.2) is 93.7 Å². The van der Waals surface area contributed by atoms with E-state index >= 15 is 0 Å². The maximum Gasteiger partial charge on any atom is 0.339 e. The number of aryl methyl sites for hydroxylation is 1. The van der Waals surface area contributed by atoms with Gasteiger partial charge in [0.25, 0.3) is 5.91 Å². The summed E-state index contributed by atoms with van der Waals surface area (Å²) in [5, 5.41) is 0.726. The summed E-state index contributed by atoms with van der Waals surface area (Å²) in [5.41, 5.74) is 3.22. The van der Waals surface area contributed by atoms with E-state index in [2.05, 4.69) is 46.0 Å². The van der Waals surface area contributed by atoms with Crippen LogP contribution in [0.25, 0.3) is 6.08 Å². The van der Waals surface area contributed by atoms with Gasteiger partial charge in [0, 0.05) is 31.9 Å². The monoisotopic (exact) mass is 519 g/mol. The molecule has 0 spiro atoms. The summed E-state index contributed by atoms with van der Waals surface area (Å²) < 4.78 is 30.0. The minimum atomic E-state index is -3.90. The highest BCUT2D eigenvalue weighted by molar-refractivity contribution is 8.18. The molecule has 5 rings (SSSR count). The molecule has 1 amide bonds. The largest absolute Gasteiger partial charge is 0.379 e. The summed E-state index contributed by atoms with van der Waals surface area (Å²) in [5.74, 6) is -0.0575. The van der Waals surface area contributed by atoms with Crippen LogP contribution in [0.3, 0.4) is 0 Å². The molecule has 9 heteroatoms. The molecule has 0 saturated carbocycles. The van der Waals surface area contributed by atoms with E-state index in [0.29, 0.717) is 4.91 Å². The molecule has 0 unspecified atom stereocenters. The molecule has 1 saturated heterocycles. The fourth-order valence-corrected chi connectivity index (χ4v) is 5.96. The maximum atomic E-state index is 12.5. The number of amidine groups is 1. The number of rotatable bonds is 5. The van der Waals surface area contributed by atoms with Crippen molar-refractivity contribution in [2.75, 3.05) is 31.1 Å². The molecule has 36 heavy (non-hydrogen) atoms. The summed E-state index contributed by atoms with van der Waals surface area (Å²) in [6.07, 6.45) is 1.77. The van der Waals surface area contributed by atoms with E-state index in [1.807, 2.05) is 0 Å². The van der Waals surface area contributed by atoms with E-state index in [1.54, 1.807) is 48.5 Å². The van der Waals surface area contributed by atoms with Crippen LogP contribution < -0.4 is 9.08 Å². The molecule has 0 N–H and O–H groups in total. The maximum absolute atomic E-state index is 12.5. The van der Waals surface area contributed by atoms with Gasteiger partial charge in [0.1, 0.15) is 10.6 Å². The van der Waals surface area contributed by atoms with E-state index in [4.69, 9.17) is 4.18 Å². The zero-order valence-electron chi connectivity index (χ0n) is 19.7. The lowest BCUT2D eigenvalue weighted by atomic mass is 10.2. The van der Waals surface area contributed by atoms with Gasteiger partial charge in [-0.2, -0.15) is 13.4 Å². The van der Waals surface area contributed by atoms with E-state index in [1.165, 1.54) is 35.1 Å². The van der Waals surface area contributed by atoms with Crippen molar-refractivity contribution in [3.05, 3.63) is 94.9 Å². The topological polar surface area (TPSA) is 79.3 Å². The predicted molar refractivity (Wildman–Crippen MR) is 144 cm³/mol. The Morgan fingerprint density at radius 1 is 0.889 bits per heavy atom. The molecule has 0 radical (unpaired) electrons. The van der Waals surface area contributed by atoms with Gasteiger partial charge in [0.2, 0.25) is 0 Å². The quantitative estimate of drug-likeness (QED) is 0.361. The molecule has 3 aromatic carbocycles. The Hall–Kier alpha value is -3.56. The Bertz CT molecular complexity index is 1430. The number of thioether (sulfide) groups is 1.